The normalized spacial score (nSPS) is 17.5. The van der Waals surface area contributed by atoms with Gasteiger partial charge in [0.1, 0.15) is 0 Å². The minimum atomic E-state index is 0.615. The van der Waals surface area contributed by atoms with Crippen molar-refractivity contribution in [2.45, 2.75) is 33.7 Å². The van der Waals surface area contributed by atoms with Crippen molar-refractivity contribution >= 4 is 0 Å². The molecule has 0 fully saturated rings. The molecule has 0 unspecified atom stereocenters. The molecule has 1 aliphatic rings. The van der Waals surface area contributed by atoms with Crippen LogP contribution in [0.25, 0.3) is 0 Å². The second-order valence-corrected chi connectivity index (χ2v) is 4.00. The highest BCUT2D eigenvalue weighted by molar-refractivity contribution is 5.20. The van der Waals surface area contributed by atoms with Gasteiger partial charge < -0.3 is 4.90 Å². The molecule has 0 aromatic rings. The zero-order chi connectivity index (χ0) is 9.14. The molecule has 0 amide bonds. The number of hydrogen-bond donors (Lipinski definition) is 0. The Morgan fingerprint density at radius 3 is 2.42 bits per heavy atom. The van der Waals surface area contributed by atoms with Crippen molar-refractivity contribution in [2.75, 3.05) is 6.54 Å². The van der Waals surface area contributed by atoms with Gasteiger partial charge in [-0.3, -0.25) is 0 Å². The van der Waals surface area contributed by atoms with Crippen LogP contribution in [-0.2, 0) is 0 Å². The van der Waals surface area contributed by atoms with Crippen LogP contribution in [0.3, 0.4) is 0 Å². The van der Waals surface area contributed by atoms with Crippen LogP contribution in [0, 0.1) is 5.92 Å². The van der Waals surface area contributed by atoms with Gasteiger partial charge in [-0.25, -0.2) is 0 Å². The van der Waals surface area contributed by atoms with E-state index < -0.39 is 0 Å². The smallest absolute Gasteiger partial charge is 0.0391 e. The van der Waals surface area contributed by atoms with Gasteiger partial charge in [-0.15, -0.1) is 0 Å². The van der Waals surface area contributed by atoms with Crippen molar-refractivity contribution in [3.05, 3.63) is 23.9 Å². The number of nitrogens with zero attached hydrogens (tertiary/aromatic N) is 1. The molecule has 0 N–H and O–H groups in total. The molecule has 0 spiro atoms. The second-order valence-electron chi connectivity index (χ2n) is 4.00. The second kappa shape index (κ2) is 3.79. The van der Waals surface area contributed by atoms with Crippen LogP contribution < -0.4 is 0 Å². The minimum absolute atomic E-state index is 0.615. The Bertz CT molecular complexity index is 199. The molecule has 1 aliphatic heterocycles. The summed E-state index contributed by atoms with van der Waals surface area (Å²) in [5.74, 6) is 0.677. The van der Waals surface area contributed by atoms with Gasteiger partial charge in [0.2, 0.25) is 0 Å². The summed E-state index contributed by atoms with van der Waals surface area (Å²) in [7, 11) is 0. The monoisotopic (exact) mass is 165 g/mol. The van der Waals surface area contributed by atoms with Gasteiger partial charge in [0, 0.05) is 12.6 Å². The Balaban J connectivity index is 2.61. The fourth-order valence-electron chi connectivity index (χ4n) is 1.32. The third kappa shape index (κ3) is 2.13. The van der Waals surface area contributed by atoms with Crippen LogP contribution in [0.5, 0.6) is 0 Å². The predicted octanol–water partition coefficient (Wildman–Crippen LogP) is 2.81. The van der Waals surface area contributed by atoms with E-state index in [1.807, 2.05) is 0 Å². The van der Waals surface area contributed by atoms with E-state index in [1.54, 1.807) is 0 Å². The van der Waals surface area contributed by atoms with Crippen molar-refractivity contribution in [1.29, 1.82) is 0 Å². The van der Waals surface area contributed by atoms with Gasteiger partial charge >= 0.3 is 0 Å². The van der Waals surface area contributed by atoms with E-state index in [4.69, 9.17) is 0 Å². The first-order valence-electron chi connectivity index (χ1n) is 4.74. The highest BCUT2D eigenvalue weighted by Gasteiger charge is 2.11. The third-order valence-electron chi connectivity index (χ3n) is 2.36. The van der Waals surface area contributed by atoms with Crippen LogP contribution in [0.1, 0.15) is 27.7 Å². The Labute approximate surface area is 75.8 Å². The van der Waals surface area contributed by atoms with Crippen LogP contribution >= 0.6 is 0 Å². The molecule has 0 saturated carbocycles. The molecule has 0 aromatic heterocycles. The van der Waals surface area contributed by atoms with Crippen molar-refractivity contribution in [2.24, 2.45) is 5.92 Å². The molecule has 1 rings (SSSR count). The summed E-state index contributed by atoms with van der Waals surface area (Å²) < 4.78 is 0. The molecule has 12 heavy (non-hydrogen) atoms. The van der Waals surface area contributed by atoms with Gasteiger partial charge in [0.15, 0.2) is 0 Å². The molecule has 0 aliphatic carbocycles. The average Bonchev–Trinajstić information content (AvgIpc) is 2.04. The molecule has 0 radical (unpaired) electrons. The first-order chi connectivity index (χ1) is 5.61. The molecular weight excluding hydrogens is 146 g/mol. The molecule has 0 atom stereocenters. The fraction of sp³-hybridized carbons (Fsp3) is 0.636. The molecule has 0 saturated heterocycles. The van der Waals surface area contributed by atoms with E-state index in [0.717, 1.165) is 6.54 Å². The molecule has 1 nitrogen and oxygen atoms in total. The topological polar surface area (TPSA) is 3.24 Å². The van der Waals surface area contributed by atoms with Crippen LogP contribution in [0.4, 0.5) is 0 Å². The number of allylic oxidation sites excluding steroid dienone is 2. The van der Waals surface area contributed by atoms with E-state index in [1.165, 1.54) is 5.57 Å². The lowest BCUT2D eigenvalue weighted by Crippen LogP contribution is -2.30. The predicted molar refractivity (Wildman–Crippen MR) is 53.9 cm³/mol. The zero-order valence-electron chi connectivity index (χ0n) is 8.54. The van der Waals surface area contributed by atoms with Gasteiger partial charge in [0.05, 0.1) is 0 Å². The highest BCUT2D eigenvalue weighted by Crippen LogP contribution is 2.17. The Hall–Kier alpha value is -0.720. The summed E-state index contributed by atoms with van der Waals surface area (Å²) >= 11 is 0. The Kier molecular flexibility index (Phi) is 2.96. The summed E-state index contributed by atoms with van der Waals surface area (Å²) in [5, 5.41) is 0. The van der Waals surface area contributed by atoms with Gasteiger partial charge in [-0.05, 0) is 37.6 Å². The van der Waals surface area contributed by atoms with E-state index in [2.05, 4.69) is 50.9 Å². The van der Waals surface area contributed by atoms with Crippen molar-refractivity contribution in [1.82, 2.24) is 4.90 Å². The Morgan fingerprint density at radius 2 is 1.92 bits per heavy atom. The quantitative estimate of drug-likeness (QED) is 0.608. The van der Waals surface area contributed by atoms with Gasteiger partial charge in [0.25, 0.3) is 0 Å². The van der Waals surface area contributed by atoms with Gasteiger partial charge in [-0.1, -0.05) is 19.9 Å². The van der Waals surface area contributed by atoms with Crippen molar-refractivity contribution in [3.8, 4) is 0 Å². The Morgan fingerprint density at radius 1 is 1.25 bits per heavy atom. The van der Waals surface area contributed by atoms with Crippen molar-refractivity contribution in [3.63, 3.8) is 0 Å². The molecular formula is C11H19N. The molecule has 1 heteroatoms. The lowest BCUT2D eigenvalue weighted by Gasteiger charge is -2.29. The summed E-state index contributed by atoms with van der Waals surface area (Å²) in [5.41, 5.74) is 1.53. The maximum atomic E-state index is 2.37. The maximum Gasteiger partial charge on any atom is 0.0391 e. The largest absolute Gasteiger partial charge is 0.371 e. The first-order valence-corrected chi connectivity index (χ1v) is 4.74. The van der Waals surface area contributed by atoms with Crippen LogP contribution in [0.2, 0.25) is 0 Å². The fourth-order valence-corrected chi connectivity index (χ4v) is 1.32. The number of rotatable bonds is 2. The summed E-state index contributed by atoms with van der Waals surface area (Å²) in [6.45, 7) is 10.1. The van der Waals surface area contributed by atoms with Crippen molar-refractivity contribution < 1.29 is 0 Å². The zero-order valence-corrected chi connectivity index (χ0v) is 8.54. The summed E-state index contributed by atoms with van der Waals surface area (Å²) in [4.78, 5) is 2.37. The standard InChI is InChI=1S/C11H19N/c1-9(2)11-6-5-7-12(8-11)10(3)4/h5-7,9-10H,8H2,1-4H3. The molecule has 0 bridgehead atoms. The molecule has 68 valence electrons. The minimum Gasteiger partial charge on any atom is -0.371 e. The lowest BCUT2D eigenvalue weighted by molar-refractivity contribution is 0.323. The third-order valence-corrected chi connectivity index (χ3v) is 2.36. The highest BCUT2D eigenvalue weighted by atomic mass is 15.1. The van der Waals surface area contributed by atoms with E-state index in [-0.39, 0.29) is 0 Å². The average molecular weight is 165 g/mol. The summed E-state index contributed by atoms with van der Waals surface area (Å²) in [6.07, 6.45) is 6.57. The van der Waals surface area contributed by atoms with Crippen LogP contribution in [-0.4, -0.2) is 17.5 Å². The number of hydrogen-bond acceptors (Lipinski definition) is 1. The molecule has 1 heterocycles. The molecule has 0 aromatic carbocycles. The van der Waals surface area contributed by atoms with E-state index >= 15 is 0 Å². The maximum absolute atomic E-state index is 2.37. The van der Waals surface area contributed by atoms with E-state index in [0.29, 0.717) is 12.0 Å². The van der Waals surface area contributed by atoms with Crippen LogP contribution in [0.15, 0.2) is 23.9 Å². The summed E-state index contributed by atoms with van der Waals surface area (Å²) in [6, 6.07) is 0.615. The van der Waals surface area contributed by atoms with E-state index in [9.17, 15) is 0 Å². The first kappa shape index (κ1) is 9.37. The van der Waals surface area contributed by atoms with Gasteiger partial charge in [-0.2, -0.15) is 0 Å². The lowest BCUT2D eigenvalue weighted by atomic mass is 10.0. The SMILES string of the molecule is CC(C)C1=CC=CN(C(C)C)C1.